The van der Waals surface area contributed by atoms with Crippen molar-refractivity contribution in [1.29, 1.82) is 0 Å². The lowest BCUT2D eigenvalue weighted by atomic mass is 11.7. The highest BCUT2D eigenvalue weighted by Crippen LogP contribution is 2.49. The summed E-state index contributed by atoms with van der Waals surface area (Å²) in [7, 11) is 0.407. The molecule has 0 aliphatic rings. The fourth-order valence-corrected chi connectivity index (χ4v) is 1.41. The zero-order valence-electron chi connectivity index (χ0n) is 3.57. The van der Waals surface area contributed by atoms with E-state index in [9.17, 15) is 0 Å². The number of aliphatic hydroxyl groups excluding tert-OH is 2. The van der Waals surface area contributed by atoms with Gasteiger partial charge in [-0.15, -0.1) is 0 Å². The van der Waals surface area contributed by atoms with Crippen LogP contribution in [0.4, 0.5) is 0 Å². The highest BCUT2D eigenvalue weighted by molar-refractivity contribution is 8.93. The van der Waals surface area contributed by atoms with Gasteiger partial charge in [0.1, 0.15) is 0 Å². The zero-order valence-corrected chi connectivity index (χ0v) is 6.10. The van der Waals surface area contributed by atoms with Gasteiger partial charge in [-0.3, -0.25) is 0 Å². The van der Waals surface area contributed by atoms with E-state index in [0.717, 1.165) is 10.4 Å². The minimum Gasteiger partial charge on any atom is -0.391 e. The molecular formula is C2H6O2PS2. The molecule has 5 heteroatoms. The van der Waals surface area contributed by atoms with E-state index >= 15 is 0 Å². The maximum Gasteiger partial charge on any atom is 0.0749 e. The van der Waals surface area contributed by atoms with Gasteiger partial charge in [0.15, 0.2) is 0 Å². The van der Waals surface area contributed by atoms with E-state index in [4.69, 9.17) is 10.2 Å². The Hall–Kier alpha value is 1.05. The first-order valence-corrected chi connectivity index (χ1v) is 5.67. The molecule has 0 bridgehead atoms. The molecule has 0 aromatic rings. The second-order valence-electron chi connectivity index (χ2n) is 0.839. The van der Waals surface area contributed by atoms with Gasteiger partial charge in [0, 0.05) is 7.12 Å². The van der Waals surface area contributed by atoms with Crippen molar-refractivity contribution >= 4 is 29.2 Å². The van der Waals surface area contributed by atoms with Gasteiger partial charge in [-0.25, -0.2) is 0 Å². The van der Waals surface area contributed by atoms with Crippen molar-refractivity contribution in [2.45, 2.75) is 0 Å². The van der Waals surface area contributed by atoms with Gasteiger partial charge >= 0.3 is 0 Å². The fraction of sp³-hybridized carbons (Fsp3) is 1.00. The molecule has 0 amide bonds. The van der Waals surface area contributed by atoms with Crippen LogP contribution in [0.1, 0.15) is 0 Å². The van der Waals surface area contributed by atoms with Gasteiger partial charge in [-0.1, -0.05) is 0 Å². The van der Waals surface area contributed by atoms with Crippen molar-refractivity contribution in [3.63, 3.8) is 0 Å². The van der Waals surface area contributed by atoms with Crippen LogP contribution in [0.15, 0.2) is 0 Å². The molecule has 0 aromatic carbocycles. The first-order valence-electron chi connectivity index (χ1n) is 1.61. The highest BCUT2D eigenvalue weighted by atomic mass is 33.3. The molecular weight excluding hydrogens is 151 g/mol. The maximum atomic E-state index is 8.31. The molecule has 7 heavy (non-hydrogen) atoms. The normalized spacial score (nSPS) is 10.3. The van der Waals surface area contributed by atoms with E-state index in [1.54, 1.807) is 0 Å². The number of hydrogen-bond acceptors (Lipinski definition) is 3. The topological polar surface area (TPSA) is 40.5 Å². The molecule has 0 saturated heterocycles. The van der Waals surface area contributed by atoms with E-state index in [1.165, 1.54) is 0 Å². The summed E-state index contributed by atoms with van der Waals surface area (Å²) in [6.07, 6.45) is 0.0556. The van der Waals surface area contributed by atoms with Gasteiger partial charge in [0.25, 0.3) is 0 Å². The monoisotopic (exact) mass is 157 g/mol. The number of rotatable bonds is 3. The summed E-state index contributed by atoms with van der Waals surface area (Å²) < 4.78 is 0. The molecule has 0 aromatic heterocycles. The lowest BCUT2D eigenvalue weighted by Crippen LogP contribution is -1.79. The third-order valence-corrected chi connectivity index (χ3v) is 4.49. The van der Waals surface area contributed by atoms with Crippen LogP contribution >= 0.6 is 29.2 Å². The fourth-order valence-electron chi connectivity index (χ4n) is 0.0919. The SMILES string of the molecule is OCP(CO)S[S]. The average molecular weight is 157 g/mol. The zero-order chi connectivity index (χ0) is 5.70. The van der Waals surface area contributed by atoms with Crippen molar-refractivity contribution in [1.82, 2.24) is 0 Å². The molecule has 0 spiro atoms. The Bertz CT molecular complexity index is 35.2. The Kier molecular flexibility index (Phi) is 5.97. The Morgan fingerprint density at radius 2 is 1.86 bits per heavy atom. The minimum absolute atomic E-state index is 0.0278. The summed E-state index contributed by atoms with van der Waals surface area (Å²) in [6, 6.07) is 0. The van der Waals surface area contributed by atoms with Gasteiger partial charge in [0.2, 0.25) is 0 Å². The summed E-state index contributed by atoms with van der Waals surface area (Å²) >= 11 is 4.50. The van der Waals surface area contributed by atoms with E-state index in [2.05, 4.69) is 11.7 Å². The van der Waals surface area contributed by atoms with E-state index in [1.807, 2.05) is 0 Å². The lowest BCUT2D eigenvalue weighted by Gasteiger charge is -2.02. The van der Waals surface area contributed by atoms with Crippen LogP contribution in [0.2, 0.25) is 0 Å². The van der Waals surface area contributed by atoms with Gasteiger partial charge in [-0.05, 0) is 22.1 Å². The second kappa shape index (κ2) is 5.19. The summed E-state index contributed by atoms with van der Waals surface area (Å²) in [5.74, 6) is 0. The van der Waals surface area contributed by atoms with Crippen LogP contribution in [0, 0.1) is 0 Å². The van der Waals surface area contributed by atoms with Crippen LogP contribution in [0.3, 0.4) is 0 Å². The third-order valence-electron chi connectivity index (χ3n) is 0.421. The molecule has 0 aliphatic heterocycles. The van der Waals surface area contributed by atoms with Crippen molar-refractivity contribution < 1.29 is 10.2 Å². The predicted molar refractivity (Wildman–Crippen MR) is 36.3 cm³/mol. The van der Waals surface area contributed by atoms with Crippen LogP contribution in [-0.2, 0) is 0 Å². The Morgan fingerprint density at radius 1 is 1.43 bits per heavy atom. The molecule has 0 fully saturated rings. The highest BCUT2D eigenvalue weighted by Gasteiger charge is 2.00. The molecule has 0 aliphatic carbocycles. The molecule has 0 saturated carbocycles. The Balaban J connectivity index is 2.99. The number of aliphatic hydroxyl groups is 2. The van der Waals surface area contributed by atoms with Crippen molar-refractivity contribution in [2.24, 2.45) is 0 Å². The van der Waals surface area contributed by atoms with E-state index in [-0.39, 0.29) is 12.7 Å². The predicted octanol–water partition coefficient (Wildman–Crippen LogP) is 1.13. The summed E-state index contributed by atoms with van der Waals surface area (Å²) in [6.45, 7) is 0. The minimum atomic E-state index is -0.711. The molecule has 0 atom stereocenters. The summed E-state index contributed by atoms with van der Waals surface area (Å²) in [5, 5.41) is 16.6. The largest absolute Gasteiger partial charge is 0.391 e. The summed E-state index contributed by atoms with van der Waals surface area (Å²) in [4.78, 5) is 0. The van der Waals surface area contributed by atoms with Crippen molar-refractivity contribution in [3.8, 4) is 0 Å². The van der Waals surface area contributed by atoms with Crippen LogP contribution in [0.5, 0.6) is 0 Å². The first kappa shape index (κ1) is 8.05. The van der Waals surface area contributed by atoms with Crippen molar-refractivity contribution in [3.05, 3.63) is 0 Å². The summed E-state index contributed by atoms with van der Waals surface area (Å²) in [5.41, 5.74) is 0. The quantitative estimate of drug-likeness (QED) is 0.476. The van der Waals surface area contributed by atoms with Gasteiger partial charge in [-0.2, -0.15) is 0 Å². The molecule has 43 valence electrons. The maximum absolute atomic E-state index is 8.31. The molecule has 2 N–H and O–H groups in total. The molecule has 1 radical (unpaired) electrons. The third kappa shape index (κ3) is 3.62. The van der Waals surface area contributed by atoms with Gasteiger partial charge < -0.3 is 10.2 Å². The molecule has 0 heterocycles. The van der Waals surface area contributed by atoms with Crippen LogP contribution in [-0.4, -0.2) is 22.9 Å². The lowest BCUT2D eigenvalue weighted by molar-refractivity contribution is 0.347. The Labute approximate surface area is 52.6 Å². The standard InChI is InChI=1S/C2H6O2PS2/c3-1-5(2-4)7-6/h3-4H,1-2H2. The van der Waals surface area contributed by atoms with Gasteiger partial charge in [0.05, 0.1) is 12.7 Å². The molecule has 0 rings (SSSR count). The van der Waals surface area contributed by atoms with Crippen LogP contribution < -0.4 is 0 Å². The van der Waals surface area contributed by atoms with Crippen LogP contribution in [0.25, 0.3) is 0 Å². The first-order chi connectivity index (χ1) is 3.35. The average Bonchev–Trinajstić information content (AvgIpc) is 1.72. The molecule has 0 unspecified atom stereocenters. The smallest absolute Gasteiger partial charge is 0.0749 e. The Morgan fingerprint density at radius 3 is 1.86 bits per heavy atom. The van der Waals surface area contributed by atoms with E-state index in [0.29, 0.717) is 0 Å². The molecule has 2 nitrogen and oxygen atoms in total. The van der Waals surface area contributed by atoms with E-state index < -0.39 is 7.12 Å². The number of hydrogen-bond donors (Lipinski definition) is 2. The van der Waals surface area contributed by atoms with Crippen molar-refractivity contribution in [2.75, 3.05) is 12.7 Å². The second-order valence-corrected chi connectivity index (χ2v) is 5.86.